The summed E-state index contributed by atoms with van der Waals surface area (Å²) in [6.45, 7) is 2.08. The SMILES string of the molecule is CCCC(=O)N(CCc1ccc(S(N)(=O)=O)cc1)C1CC(=O)N(c2ccc(Cl)cc2)C1=O. The highest BCUT2D eigenvalue weighted by atomic mass is 35.5. The molecule has 32 heavy (non-hydrogen) atoms. The molecule has 0 aliphatic carbocycles. The van der Waals surface area contributed by atoms with Crippen LogP contribution in [-0.4, -0.2) is 43.6 Å². The Balaban J connectivity index is 1.79. The van der Waals surface area contributed by atoms with Crippen molar-refractivity contribution in [3.8, 4) is 0 Å². The number of primary sulfonamides is 1. The van der Waals surface area contributed by atoms with Gasteiger partial charge >= 0.3 is 0 Å². The number of hydrogen-bond donors (Lipinski definition) is 1. The van der Waals surface area contributed by atoms with Crippen molar-refractivity contribution in [1.82, 2.24) is 4.90 Å². The second-order valence-corrected chi connectivity index (χ2v) is 9.54. The maximum atomic E-state index is 13.1. The zero-order valence-corrected chi connectivity index (χ0v) is 19.1. The highest BCUT2D eigenvalue weighted by Crippen LogP contribution is 2.27. The molecule has 0 spiro atoms. The van der Waals surface area contributed by atoms with Gasteiger partial charge < -0.3 is 4.90 Å². The summed E-state index contributed by atoms with van der Waals surface area (Å²) in [4.78, 5) is 41.1. The van der Waals surface area contributed by atoms with Crippen molar-refractivity contribution >= 4 is 45.0 Å². The molecular weight excluding hydrogens is 454 g/mol. The third kappa shape index (κ3) is 5.35. The minimum atomic E-state index is -3.79. The Morgan fingerprint density at radius 3 is 2.31 bits per heavy atom. The molecule has 1 aliphatic heterocycles. The number of hydrogen-bond acceptors (Lipinski definition) is 5. The smallest absolute Gasteiger partial charge is 0.257 e. The predicted octanol–water partition coefficient (Wildman–Crippen LogP) is 2.49. The van der Waals surface area contributed by atoms with Crippen molar-refractivity contribution in [2.45, 2.75) is 43.5 Å². The van der Waals surface area contributed by atoms with Crippen molar-refractivity contribution in [1.29, 1.82) is 0 Å². The fraction of sp³-hybridized carbons (Fsp3) is 0.318. The van der Waals surface area contributed by atoms with Crippen LogP contribution in [0.25, 0.3) is 0 Å². The first kappa shape index (κ1) is 23.9. The molecule has 1 fully saturated rings. The molecule has 1 aliphatic rings. The van der Waals surface area contributed by atoms with Gasteiger partial charge in [-0.3, -0.25) is 14.4 Å². The second kappa shape index (κ2) is 9.81. The van der Waals surface area contributed by atoms with E-state index in [0.717, 1.165) is 10.5 Å². The molecular formula is C22H24ClN3O5S. The molecule has 0 saturated carbocycles. The van der Waals surface area contributed by atoms with E-state index in [9.17, 15) is 22.8 Å². The molecule has 0 bridgehead atoms. The maximum Gasteiger partial charge on any atom is 0.257 e. The number of carbonyl (C=O) groups is 3. The number of rotatable bonds is 8. The number of halogens is 1. The number of benzene rings is 2. The van der Waals surface area contributed by atoms with Crippen molar-refractivity contribution in [2.75, 3.05) is 11.4 Å². The lowest BCUT2D eigenvalue weighted by molar-refractivity contribution is -0.138. The van der Waals surface area contributed by atoms with Gasteiger partial charge in [-0.05, 0) is 54.8 Å². The minimum absolute atomic E-state index is 0.00432. The van der Waals surface area contributed by atoms with E-state index in [1.807, 2.05) is 6.92 Å². The van der Waals surface area contributed by atoms with Gasteiger partial charge in [0, 0.05) is 18.0 Å². The number of nitrogens with zero attached hydrogens (tertiary/aromatic N) is 2. The van der Waals surface area contributed by atoms with Crippen molar-refractivity contribution in [3.63, 3.8) is 0 Å². The molecule has 0 aromatic heterocycles. The average molecular weight is 478 g/mol. The minimum Gasteiger partial charge on any atom is -0.330 e. The van der Waals surface area contributed by atoms with Gasteiger partial charge in [0.25, 0.3) is 5.91 Å². The van der Waals surface area contributed by atoms with E-state index in [4.69, 9.17) is 16.7 Å². The van der Waals surface area contributed by atoms with Crippen molar-refractivity contribution in [2.24, 2.45) is 5.14 Å². The monoisotopic (exact) mass is 477 g/mol. The molecule has 3 amide bonds. The molecule has 2 aromatic carbocycles. The molecule has 10 heteroatoms. The van der Waals surface area contributed by atoms with E-state index in [1.165, 1.54) is 17.0 Å². The largest absolute Gasteiger partial charge is 0.330 e. The first-order valence-electron chi connectivity index (χ1n) is 10.2. The summed E-state index contributed by atoms with van der Waals surface area (Å²) in [6, 6.07) is 11.5. The average Bonchev–Trinajstić information content (AvgIpc) is 3.03. The highest BCUT2D eigenvalue weighted by Gasteiger charge is 2.44. The highest BCUT2D eigenvalue weighted by molar-refractivity contribution is 7.89. The fourth-order valence-corrected chi connectivity index (χ4v) is 4.27. The van der Waals surface area contributed by atoms with E-state index in [0.29, 0.717) is 23.6 Å². The molecule has 1 saturated heterocycles. The fourth-order valence-electron chi connectivity index (χ4n) is 3.63. The Kier molecular flexibility index (Phi) is 7.33. The molecule has 0 radical (unpaired) electrons. The molecule has 1 atom stereocenters. The van der Waals surface area contributed by atoms with Crippen LogP contribution in [0.15, 0.2) is 53.4 Å². The number of amides is 3. The van der Waals surface area contributed by atoms with Crippen LogP contribution in [0.5, 0.6) is 0 Å². The molecule has 170 valence electrons. The number of anilines is 1. The van der Waals surface area contributed by atoms with Crippen LogP contribution >= 0.6 is 11.6 Å². The normalized spacial score (nSPS) is 16.5. The quantitative estimate of drug-likeness (QED) is 0.586. The van der Waals surface area contributed by atoms with Gasteiger partial charge in [0.1, 0.15) is 6.04 Å². The van der Waals surface area contributed by atoms with Crippen LogP contribution in [0.3, 0.4) is 0 Å². The van der Waals surface area contributed by atoms with Crippen molar-refractivity contribution in [3.05, 3.63) is 59.1 Å². The zero-order chi connectivity index (χ0) is 23.5. The van der Waals surface area contributed by atoms with Crippen LogP contribution in [-0.2, 0) is 30.8 Å². The molecule has 3 rings (SSSR count). The Morgan fingerprint density at radius 1 is 1.12 bits per heavy atom. The first-order valence-corrected chi connectivity index (χ1v) is 12.1. The molecule has 2 aromatic rings. The Bertz CT molecular complexity index is 1120. The summed E-state index contributed by atoms with van der Waals surface area (Å²) in [7, 11) is -3.79. The lowest BCUT2D eigenvalue weighted by Gasteiger charge is -2.28. The standard InChI is InChI=1S/C22H24ClN3O5S/c1-2-3-20(27)25(13-12-15-4-10-18(11-5-15)32(24,30)31)19-14-21(28)26(22(19)29)17-8-6-16(23)7-9-17/h4-11,19H,2-3,12-14H2,1H3,(H2,24,30,31). The van der Waals surface area contributed by atoms with Gasteiger partial charge in [0.2, 0.25) is 21.8 Å². The summed E-state index contributed by atoms with van der Waals surface area (Å²) in [5.41, 5.74) is 1.19. The van der Waals surface area contributed by atoms with Crippen molar-refractivity contribution < 1.29 is 22.8 Å². The summed E-state index contributed by atoms with van der Waals surface area (Å²) in [6.07, 6.45) is 1.15. The van der Waals surface area contributed by atoms with Gasteiger partial charge in [-0.2, -0.15) is 0 Å². The first-order chi connectivity index (χ1) is 15.1. The number of carbonyl (C=O) groups excluding carboxylic acids is 3. The summed E-state index contributed by atoms with van der Waals surface area (Å²) >= 11 is 5.90. The van der Waals surface area contributed by atoms with Crippen LogP contribution in [0.4, 0.5) is 5.69 Å². The Morgan fingerprint density at radius 2 is 1.75 bits per heavy atom. The lowest BCUT2D eigenvalue weighted by Crippen LogP contribution is -2.46. The van der Waals surface area contributed by atoms with Gasteiger partial charge in [-0.1, -0.05) is 30.7 Å². The van der Waals surface area contributed by atoms with E-state index in [1.54, 1.807) is 36.4 Å². The van der Waals surface area contributed by atoms with E-state index in [-0.39, 0.29) is 36.1 Å². The van der Waals surface area contributed by atoms with E-state index < -0.39 is 22.0 Å². The van der Waals surface area contributed by atoms with Crippen LogP contribution < -0.4 is 10.0 Å². The second-order valence-electron chi connectivity index (χ2n) is 7.54. The third-order valence-electron chi connectivity index (χ3n) is 5.26. The van der Waals surface area contributed by atoms with Crippen LogP contribution in [0.1, 0.15) is 31.7 Å². The zero-order valence-electron chi connectivity index (χ0n) is 17.5. The Labute approximate surface area is 192 Å². The summed E-state index contributed by atoms with van der Waals surface area (Å²) in [5, 5.41) is 5.60. The van der Waals surface area contributed by atoms with Gasteiger partial charge in [0.05, 0.1) is 17.0 Å². The summed E-state index contributed by atoms with van der Waals surface area (Å²) < 4.78 is 22.8. The van der Waals surface area contributed by atoms with Crippen LogP contribution in [0.2, 0.25) is 5.02 Å². The number of imide groups is 1. The predicted molar refractivity (Wildman–Crippen MR) is 120 cm³/mol. The molecule has 1 heterocycles. The number of sulfonamides is 1. The van der Waals surface area contributed by atoms with E-state index >= 15 is 0 Å². The summed E-state index contributed by atoms with van der Waals surface area (Å²) in [5.74, 6) is -1.04. The maximum absolute atomic E-state index is 13.1. The van der Waals surface area contributed by atoms with Gasteiger partial charge in [-0.15, -0.1) is 0 Å². The van der Waals surface area contributed by atoms with Crippen LogP contribution in [0, 0.1) is 0 Å². The van der Waals surface area contributed by atoms with Gasteiger partial charge in [-0.25, -0.2) is 18.5 Å². The number of nitrogens with two attached hydrogens (primary N) is 1. The lowest BCUT2D eigenvalue weighted by atomic mass is 10.1. The molecule has 2 N–H and O–H groups in total. The Hall–Kier alpha value is -2.75. The third-order valence-corrected chi connectivity index (χ3v) is 6.44. The molecule has 8 nitrogen and oxygen atoms in total. The topological polar surface area (TPSA) is 118 Å². The molecule has 1 unspecified atom stereocenters. The van der Waals surface area contributed by atoms with E-state index in [2.05, 4.69) is 0 Å². The van der Waals surface area contributed by atoms with Gasteiger partial charge in [0.15, 0.2) is 0 Å².